The molecule has 21 heavy (non-hydrogen) atoms. The number of carbonyl (C=O) groups is 1. The zero-order chi connectivity index (χ0) is 16.0. The molecule has 1 atom stereocenters. The standard InChI is InChI=1S/C14H21ClN2O3S/c1-4-5-11(2)16-14(18)10-17(3)21(19,20)13-8-6-12(15)7-9-13/h6-9,11H,4-5,10H2,1-3H3,(H,16,18). The smallest absolute Gasteiger partial charge is 0.243 e. The fourth-order valence-electron chi connectivity index (χ4n) is 1.90. The molecule has 1 unspecified atom stereocenters. The Hall–Kier alpha value is -1.11. The maximum atomic E-state index is 12.3. The Labute approximate surface area is 131 Å². The summed E-state index contributed by atoms with van der Waals surface area (Å²) in [6.07, 6.45) is 1.82. The maximum absolute atomic E-state index is 12.3. The largest absolute Gasteiger partial charge is 0.353 e. The quantitative estimate of drug-likeness (QED) is 0.833. The van der Waals surface area contributed by atoms with E-state index in [-0.39, 0.29) is 23.4 Å². The molecular formula is C14H21ClN2O3S. The predicted molar refractivity (Wildman–Crippen MR) is 83.8 cm³/mol. The van der Waals surface area contributed by atoms with Crippen LogP contribution in [0.2, 0.25) is 5.02 Å². The Kier molecular flexibility index (Phi) is 6.64. The normalized spacial score (nSPS) is 13.2. The van der Waals surface area contributed by atoms with Gasteiger partial charge in [0.05, 0.1) is 11.4 Å². The van der Waals surface area contributed by atoms with Gasteiger partial charge in [0.2, 0.25) is 15.9 Å². The molecule has 0 fully saturated rings. The highest BCUT2D eigenvalue weighted by Gasteiger charge is 2.23. The van der Waals surface area contributed by atoms with Crippen molar-refractivity contribution in [2.24, 2.45) is 0 Å². The zero-order valence-corrected chi connectivity index (χ0v) is 14.0. The number of benzene rings is 1. The van der Waals surface area contributed by atoms with Gasteiger partial charge in [-0.1, -0.05) is 24.9 Å². The summed E-state index contributed by atoms with van der Waals surface area (Å²) in [5.41, 5.74) is 0. The van der Waals surface area contributed by atoms with Crippen LogP contribution in [-0.4, -0.2) is 38.3 Å². The first-order valence-corrected chi connectivity index (χ1v) is 8.60. The van der Waals surface area contributed by atoms with Crippen molar-refractivity contribution in [1.82, 2.24) is 9.62 Å². The van der Waals surface area contributed by atoms with Crippen LogP contribution in [0.25, 0.3) is 0 Å². The van der Waals surface area contributed by atoms with Gasteiger partial charge < -0.3 is 5.32 Å². The van der Waals surface area contributed by atoms with E-state index in [4.69, 9.17) is 11.6 Å². The Morgan fingerprint density at radius 1 is 1.33 bits per heavy atom. The lowest BCUT2D eigenvalue weighted by molar-refractivity contribution is -0.121. The van der Waals surface area contributed by atoms with Crippen LogP contribution in [-0.2, 0) is 14.8 Å². The SMILES string of the molecule is CCCC(C)NC(=O)CN(C)S(=O)(=O)c1ccc(Cl)cc1. The third kappa shape index (κ3) is 5.30. The van der Waals surface area contributed by atoms with Gasteiger partial charge in [0, 0.05) is 18.1 Å². The van der Waals surface area contributed by atoms with Crippen molar-refractivity contribution >= 4 is 27.5 Å². The number of amides is 1. The molecule has 118 valence electrons. The van der Waals surface area contributed by atoms with Crippen LogP contribution in [0.4, 0.5) is 0 Å². The van der Waals surface area contributed by atoms with Crippen molar-refractivity contribution in [3.63, 3.8) is 0 Å². The Bertz CT molecular complexity index is 572. The second-order valence-corrected chi connectivity index (χ2v) is 7.45. The summed E-state index contributed by atoms with van der Waals surface area (Å²) < 4.78 is 25.6. The molecule has 0 heterocycles. The highest BCUT2D eigenvalue weighted by Crippen LogP contribution is 2.17. The summed E-state index contributed by atoms with van der Waals surface area (Å²) in [6.45, 7) is 3.72. The lowest BCUT2D eigenvalue weighted by atomic mass is 10.2. The van der Waals surface area contributed by atoms with Gasteiger partial charge >= 0.3 is 0 Å². The fourth-order valence-corrected chi connectivity index (χ4v) is 3.15. The van der Waals surface area contributed by atoms with Crippen LogP contribution < -0.4 is 5.32 Å². The second-order valence-electron chi connectivity index (χ2n) is 4.97. The molecule has 0 saturated carbocycles. The minimum Gasteiger partial charge on any atom is -0.353 e. The molecule has 0 aromatic heterocycles. The Morgan fingerprint density at radius 2 is 1.90 bits per heavy atom. The number of likely N-dealkylation sites (N-methyl/N-ethyl adjacent to an activating group) is 1. The number of nitrogens with zero attached hydrogens (tertiary/aromatic N) is 1. The van der Waals surface area contributed by atoms with Gasteiger partial charge in [0.15, 0.2) is 0 Å². The Balaban J connectivity index is 2.71. The summed E-state index contributed by atoms with van der Waals surface area (Å²) in [5, 5.41) is 3.24. The van der Waals surface area contributed by atoms with Gasteiger partial charge in [0.1, 0.15) is 0 Å². The average molecular weight is 333 g/mol. The van der Waals surface area contributed by atoms with E-state index in [2.05, 4.69) is 5.32 Å². The first-order chi connectivity index (χ1) is 9.77. The summed E-state index contributed by atoms with van der Waals surface area (Å²) in [6, 6.07) is 5.89. The molecule has 0 spiro atoms. The summed E-state index contributed by atoms with van der Waals surface area (Å²) >= 11 is 5.74. The molecule has 1 aromatic carbocycles. The zero-order valence-electron chi connectivity index (χ0n) is 12.5. The number of hydrogen-bond acceptors (Lipinski definition) is 3. The molecule has 0 aliphatic heterocycles. The van der Waals surface area contributed by atoms with E-state index >= 15 is 0 Å². The van der Waals surface area contributed by atoms with Crippen molar-refractivity contribution in [2.45, 2.75) is 37.6 Å². The topological polar surface area (TPSA) is 66.5 Å². The molecule has 0 saturated heterocycles. The van der Waals surface area contributed by atoms with Crippen molar-refractivity contribution in [3.05, 3.63) is 29.3 Å². The van der Waals surface area contributed by atoms with Gasteiger partial charge in [-0.25, -0.2) is 8.42 Å². The number of hydrogen-bond donors (Lipinski definition) is 1. The molecule has 0 bridgehead atoms. The summed E-state index contributed by atoms with van der Waals surface area (Å²) in [5.74, 6) is -0.309. The van der Waals surface area contributed by atoms with E-state index in [0.29, 0.717) is 5.02 Å². The van der Waals surface area contributed by atoms with Crippen LogP contribution >= 0.6 is 11.6 Å². The van der Waals surface area contributed by atoms with Crippen molar-refractivity contribution in [3.8, 4) is 0 Å². The molecule has 1 aromatic rings. The number of halogens is 1. The lowest BCUT2D eigenvalue weighted by Crippen LogP contribution is -2.41. The molecule has 1 N–H and O–H groups in total. The molecule has 0 aliphatic carbocycles. The van der Waals surface area contributed by atoms with Gasteiger partial charge in [-0.15, -0.1) is 0 Å². The second kappa shape index (κ2) is 7.77. The monoisotopic (exact) mass is 332 g/mol. The molecule has 1 rings (SSSR count). The van der Waals surface area contributed by atoms with E-state index in [1.54, 1.807) is 0 Å². The predicted octanol–water partition coefficient (Wildman–Crippen LogP) is 2.27. The molecular weight excluding hydrogens is 312 g/mol. The summed E-state index contributed by atoms with van der Waals surface area (Å²) in [4.78, 5) is 11.9. The first-order valence-electron chi connectivity index (χ1n) is 6.78. The third-order valence-corrected chi connectivity index (χ3v) is 5.09. The van der Waals surface area contributed by atoms with Gasteiger partial charge in [-0.2, -0.15) is 4.31 Å². The van der Waals surface area contributed by atoms with Gasteiger partial charge in [-0.3, -0.25) is 4.79 Å². The number of carbonyl (C=O) groups excluding carboxylic acids is 1. The highest BCUT2D eigenvalue weighted by atomic mass is 35.5. The number of sulfonamides is 1. The molecule has 0 radical (unpaired) electrons. The fraction of sp³-hybridized carbons (Fsp3) is 0.500. The average Bonchev–Trinajstić information content (AvgIpc) is 2.39. The molecule has 0 aliphatic rings. The number of rotatable bonds is 7. The van der Waals surface area contributed by atoms with E-state index in [9.17, 15) is 13.2 Å². The third-order valence-electron chi connectivity index (χ3n) is 3.02. The Morgan fingerprint density at radius 3 is 2.43 bits per heavy atom. The number of nitrogens with one attached hydrogen (secondary N) is 1. The molecule has 7 heteroatoms. The van der Waals surface area contributed by atoms with Crippen molar-refractivity contribution < 1.29 is 13.2 Å². The van der Waals surface area contributed by atoms with Crippen molar-refractivity contribution in [1.29, 1.82) is 0 Å². The van der Waals surface area contributed by atoms with Crippen LogP contribution in [0.1, 0.15) is 26.7 Å². The van der Waals surface area contributed by atoms with Crippen LogP contribution in [0.5, 0.6) is 0 Å². The van der Waals surface area contributed by atoms with E-state index in [1.807, 2.05) is 13.8 Å². The maximum Gasteiger partial charge on any atom is 0.243 e. The molecule has 1 amide bonds. The minimum atomic E-state index is -3.69. The van der Waals surface area contributed by atoms with E-state index in [1.165, 1.54) is 31.3 Å². The van der Waals surface area contributed by atoms with Gasteiger partial charge in [-0.05, 0) is 37.6 Å². The van der Waals surface area contributed by atoms with Crippen LogP contribution in [0.3, 0.4) is 0 Å². The highest BCUT2D eigenvalue weighted by molar-refractivity contribution is 7.89. The lowest BCUT2D eigenvalue weighted by Gasteiger charge is -2.19. The summed E-state index contributed by atoms with van der Waals surface area (Å²) in [7, 11) is -2.30. The van der Waals surface area contributed by atoms with Gasteiger partial charge in [0.25, 0.3) is 0 Å². The molecule has 5 nitrogen and oxygen atoms in total. The van der Waals surface area contributed by atoms with E-state index < -0.39 is 10.0 Å². The minimum absolute atomic E-state index is 0.0362. The van der Waals surface area contributed by atoms with Crippen molar-refractivity contribution in [2.75, 3.05) is 13.6 Å². The van der Waals surface area contributed by atoms with Crippen LogP contribution in [0, 0.1) is 0 Å². The van der Waals surface area contributed by atoms with Crippen LogP contribution in [0.15, 0.2) is 29.2 Å². The first kappa shape index (κ1) is 17.9. The van der Waals surface area contributed by atoms with E-state index in [0.717, 1.165) is 17.1 Å².